The van der Waals surface area contributed by atoms with Crippen LogP contribution in [-0.2, 0) is 0 Å². The monoisotopic (exact) mass is 388 g/mol. The van der Waals surface area contributed by atoms with Gasteiger partial charge in [-0.2, -0.15) is 0 Å². The molecule has 5 rings (SSSR count). The number of carbonyl (C=O) groups is 1. The van der Waals surface area contributed by atoms with Crippen molar-refractivity contribution in [3.8, 4) is 5.75 Å². The molecular weight excluding hydrogens is 367 g/mol. The zero-order valence-corrected chi connectivity index (χ0v) is 15.5. The van der Waals surface area contributed by atoms with Gasteiger partial charge in [0.1, 0.15) is 5.65 Å². The number of aromatic nitrogens is 2. The minimum atomic E-state index is -1.57. The third-order valence-corrected chi connectivity index (χ3v) is 6.19. The molecule has 2 bridgehead atoms. The predicted molar refractivity (Wildman–Crippen MR) is 99.7 cm³/mol. The highest BCUT2D eigenvalue weighted by atomic mass is 19.1. The van der Waals surface area contributed by atoms with Crippen molar-refractivity contribution >= 4 is 23.0 Å². The smallest absolute Gasteiger partial charge is 0.449 e. The van der Waals surface area contributed by atoms with E-state index in [9.17, 15) is 14.0 Å². The van der Waals surface area contributed by atoms with Gasteiger partial charge >= 0.3 is 6.16 Å². The number of hydrogen-bond acceptors (Lipinski definition) is 6. The molecule has 28 heavy (non-hydrogen) atoms. The average molecular weight is 388 g/mol. The molecule has 148 valence electrons. The number of anilines is 1. The summed E-state index contributed by atoms with van der Waals surface area (Å²) in [7, 11) is 2.11. The van der Waals surface area contributed by atoms with Crippen molar-refractivity contribution in [2.45, 2.75) is 43.8 Å². The molecule has 3 fully saturated rings. The molecule has 8 nitrogen and oxygen atoms in total. The van der Waals surface area contributed by atoms with Crippen molar-refractivity contribution < 1.29 is 19.0 Å². The van der Waals surface area contributed by atoms with Gasteiger partial charge in [0.15, 0.2) is 17.4 Å². The number of pyridine rings is 2. The van der Waals surface area contributed by atoms with E-state index in [2.05, 4.69) is 21.7 Å². The number of nitrogens with zero attached hydrogens (tertiary/aromatic N) is 4. The third kappa shape index (κ3) is 2.72. The summed E-state index contributed by atoms with van der Waals surface area (Å²) in [5.41, 5.74) is -0.279. The molecular formula is C19H21FN4O4. The van der Waals surface area contributed by atoms with Crippen molar-refractivity contribution in [3.63, 3.8) is 0 Å². The topological polar surface area (TPSA) is 87.9 Å². The molecule has 0 amide bonds. The fourth-order valence-electron chi connectivity index (χ4n) is 4.52. The summed E-state index contributed by atoms with van der Waals surface area (Å²) in [6, 6.07) is 2.06. The lowest BCUT2D eigenvalue weighted by atomic mass is 10.2. The Morgan fingerprint density at radius 2 is 1.86 bits per heavy atom. The van der Waals surface area contributed by atoms with E-state index in [4.69, 9.17) is 5.11 Å². The Morgan fingerprint density at radius 3 is 2.46 bits per heavy atom. The Morgan fingerprint density at radius 1 is 1.21 bits per heavy atom. The van der Waals surface area contributed by atoms with Gasteiger partial charge in [-0.05, 0) is 38.8 Å². The van der Waals surface area contributed by atoms with Crippen LogP contribution in [0.3, 0.4) is 0 Å². The molecule has 1 N–H and O–H groups in total. The fourth-order valence-corrected chi connectivity index (χ4v) is 4.52. The summed E-state index contributed by atoms with van der Waals surface area (Å²) in [4.78, 5) is 32.4. The minimum absolute atomic E-state index is 0.0454. The molecule has 2 atom stereocenters. The van der Waals surface area contributed by atoms with Crippen LogP contribution >= 0.6 is 0 Å². The Labute approximate surface area is 160 Å². The maximum atomic E-state index is 15.0. The van der Waals surface area contributed by atoms with Crippen LogP contribution in [0.5, 0.6) is 5.75 Å². The molecule has 2 saturated heterocycles. The van der Waals surface area contributed by atoms with E-state index in [1.807, 2.05) is 4.90 Å². The van der Waals surface area contributed by atoms with Crippen LogP contribution in [0.25, 0.3) is 11.0 Å². The van der Waals surface area contributed by atoms with E-state index in [1.54, 1.807) is 4.57 Å². The number of piperazine rings is 1. The van der Waals surface area contributed by atoms with Gasteiger partial charge < -0.3 is 19.3 Å². The number of fused-ring (bicyclic) bond motifs is 3. The Bertz CT molecular complexity index is 1020. The largest absolute Gasteiger partial charge is 0.511 e. The van der Waals surface area contributed by atoms with E-state index >= 15 is 0 Å². The van der Waals surface area contributed by atoms with Gasteiger partial charge in [0.2, 0.25) is 5.43 Å². The van der Waals surface area contributed by atoms with Gasteiger partial charge in [0, 0.05) is 31.2 Å². The van der Waals surface area contributed by atoms with Crippen LogP contribution < -0.4 is 15.1 Å². The Kier molecular flexibility index (Phi) is 3.84. The van der Waals surface area contributed by atoms with Crippen molar-refractivity contribution in [2.24, 2.45) is 0 Å². The highest BCUT2D eigenvalue weighted by Gasteiger charge is 2.39. The highest BCUT2D eigenvalue weighted by Crippen LogP contribution is 2.38. The number of ether oxygens (including phenoxy) is 1. The number of likely N-dealkylation sites (N-methyl/N-ethyl adjacent to an activating group) is 1. The first-order valence-electron chi connectivity index (χ1n) is 9.55. The Balaban J connectivity index is 1.63. The van der Waals surface area contributed by atoms with E-state index in [0.717, 1.165) is 25.7 Å². The van der Waals surface area contributed by atoms with E-state index in [1.165, 1.54) is 12.3 Å². The third-order valence-electron chi connectivity index (χ3n) is 6.19. The summed E-state index contributed by atoms with van der Waals surface area (Å²) in [6.07, 6.45) is 3.80. The van der Waals surface area contributed by atoms with Gasteiger partial charge in [-0.15, -0.1) is 0 Å². The van der Waals surface area contributed by atoms with Crippen LogP contribution in [0.2, 0.25) is 0 Å². The van der Waals surface area contributed by atoms with Gasteiger partial charge in [-0.3, -0.25) is 9.69 Å². The van der Waals surface area contributed by atoms with Crippen LogP contribution in [0, 0.1) is 5.82 Å². The molecule has 2 aliphatic heterocycles. The second-order valence-corrected chi connectivity index (χ2v) is 7.95. The molecule has 0 spiro atoms. The summed E-state index contributed by atoms with van der Waals surface area (Å²) >= 11 is 0. The molecule has 2 unspecified atom stereocenters. The minimum Gasteiger partial charge on any atom is -0.449 e. The van der Waals surface area contributed by atoms with Crippen LogP contribution in [-0.4, -0.2) is 57.9 Å². The SMILES string of the molecule is CN1C2CCC1CN(c1nc3c(cc1F)c(=O)c(OC(=O)O)cn3C1CC1)C2. The summed E-state index contributed by atoms with van der Waals surface area (Å²) in [5.74, 6) is -0.625. The molecule has 9 heteroatoms. The zero-order chi connectivity index (χ0) is 19.6. The van der Waals surface area contributed by atoms with Crippen LogP contribution in [0.4, 0.5) is 15.0 Å². The molecule has 0 radical (unpaired) electrons. The predicted octanol–water partition coefficient (Wildman–Crippen LogP) is 2.21. The first-order valence-corrected chi connectivity index (χ1v) is 9.55. The van der Waals surface area contributed by atoms with E-state index < -0.39 is 17.4 Å². The number of halogens is 1. The summed E-state index contributed by atoms with van der Waals surface area (Å²) in [6.45, 7) is 1.41. The normalized spacial score (nSPS) is 24.7. The lowest BCUT2D eigenvalue weighted by molar-refractivity contribution is 0.143. The standard InChI is InChI=1S/C19H21FN4O4/c1-22-11-4-5-12(22)8-23(7-11)18-14(20)6-13-16(25)15(28-19(26)27)9-24(10-2-3-10)17(13)21-18/h6,9-12H,2-5,7-8H2,1H3,(H,26,27). The van der Waals surface area contributed by atoms with Gasteiger partial charge in [0.05, 0.1) is 11.6 Å². The van der Waals surface area contributed by atoms with Gasteiger partial charge in [-0.25, -0.2) is 14.2 Å². The van der Waals surface area contributed by atoms with Gasteiger partial charge in [-0.1, -0.05) is 0 Å². The average Bonchev–Trinajstić information content (AvgIpc) is 3.46. The molecule has 2 aromatic rings. The second-order valence-electron chi connectivity index (χ2n) is 7.95. The van der Waals surface area contributed by atoms with Crippen molar-refractivity contribution in [2.75, 3.05) is 25.0 Å². The molecule has 0 aromatic carbocycles. The number of hydrogen-bond donors (Lipinski definition) is 1. The van der Waals surface area contributed by atoms with Crippen LogP contribution in [0.15, 0.2) is 17.1 Å². The molecule has 1 saturated carbocycles. The molecule has 2 aromatic heterocycles. The van der Waals surface area contributed by atoms with E-state index in [0.29, 0.717) is 30.8 Å². The van der Waals surface area contributed by atoms with Crippen molar-refractivity contribution in [1.82, 2.24) is 14.5 Å². The van der Waals surface area contributed by atoms with E-state index in [-0.39, 0.29) is 23.0 Å². The Hall–Kier alpha value is -2.68. The first-order chi connectivity index (χ1) is 13.4. The summed E-state index contributed by atoms with van der Waals surface area (Å²) in [5, 5.41) is 8.93. The molecule has 4 heterocycles. The second kappa shape index (κ2) is 6.16. The van der Waals surface area contributed by atoms with Crippen LogP contribution in [0.1, 0.15) is 31.7 Å². The van der Waals surface area contributed by atoms with Gasteiger partial charge in [0.25, 0.3) is 0 Å². The molecule has 1 aliphatic carbocycles. The quantitative estimate of drug-likeness (QED) is 0.807. The highest BCUT2D eigenvalue weighted by molar-refractivity contribution is 5.80. The zero-order valence-electron chi connectivity index (χ0n) is 15.5. The maximum Gasteiger partial charge on any atom is 0.511 e. The summed E-state index contributed by atoms with van der Waals surface area (Å²) < 4.78 is 21.4. The first kappa shape index (κ1) is 17.4. The van der Waals surface area contributed by atoms with Crippen molar-refractivity contribution in [1.29, 1.82) is 0 Å². The maximum absolute atomic E-state index is 15.0. The van der Waals surface area contributed by atoms with Crippen molar-refractivity contribution in [3.05, 3.63) is 28.3 Å². The lowest BCUT2D eigenvalue weighted by Crippen LogP contribution is -2.52. The molecule has 3 aliphatic rings. The number of rotatable bonds is 3. The lowest BCUT2D eigenvalue weighted by Gasteiger charge is -2.39. The number of carboxylic acid groups (broad SMARTS) is 1. The fraction of sp³-hybridized carbons (Fsp3) is 0.526.